The molecule has 0 radical (unpaired) electrons. The lowest BCUT2D eigenvalue weighted by molar-refractivity contribution is 0.0686. The summed E-state index contributed by atoms with van der Waals surface area (Å²) in [7, 11) is 0. The summed E-state index contributed by atoms with van der Waals surface area (Å²) in [4.78, 5) is 25.5. The monoisotopic (exact) mass is 233 g/mol. The van der Waals surface area contributed by atoms with Gasteiger partial charge in [-0.3, -0.25) is 0 Å². The fourth-order valence-electron chi connectivity index (χ4n) is 1.30. The number of pyridine rings is 1. The average Bonchev–Trinajstić information content (AvgIpc) is 2.78. The summed E-state index contributed by atoms with van der Waals surface area (Å²) in [6.45, 7) is 0. The van der Waals surface area contributed by atoms with E-state index in [0.29, 0.717) is 0 Å². The number of hydrogen-bond donors (Lipinski definition) is 2. The first kappa shape index (κ1) is 10.8. The minimum atomic E-state index is -1.15. The Morgan fingerprint density at radius 2 is 2.00 bits per heavy atom. The number of rotatable bonds is 3. The van der Waals surface area contributed by atoms with Crippen molar-refractivity contribution in [3.8, 4) is 5.82 Å². The van der Waals surface area contributed by atoms with Crippen LogP contribution in [0.4, 0.5) is 0 Å². The number of carbonyl (C=O) groups is 2. The van der Waals surface area contributed by atoms with E-state index >= 15 is 0 Å². The third-order valence-corrected chi connectivity index (χ3v) is 2.06. The van der Waals surface area contributed by atoms with Crippen LogP contribution in [0.2, 0.25) is 0 Å². The molecule has 2 rings (SSSR count). The molecule has 86 valence electrons. The molecule has 0 saturated heterocycles. The molecule has 2 N–H and O–H groups in total. The normalized spacial score (nSPS) is 10.1. The lowest BCUT2D eigenvalue weighted by Gasteiger charge is -2.03. The van der Waals surface area contributed by atoms with Crippen LogP contribution in [0.15, 0.2) is 30.7 Å². The van der Waals surface area contributed by atoms with Crippen molar-refractivity contribution in [1.82, 2.24) is 14.8 Å². The molecule has 0 aliphatic heterocycles. The molecule has 0 amide bonds. The number of aromatic nitrogens is 3. The number of aromatic carboxylic acids is 2. The standard InChI is InChI=1S/C10H7N3O4/c14-9(15)6-4-12-13(5-6)8-7(10(16)17)2-1-3-11-8/h1-5H,(H,14,15)(H,16,17). The maximum Gasteiger partial charge on any atom is 0.339 e. The molecule has 7 nitrogen and oxygen atoms in total. The van der Waals surface area contributed by atoms with Crippen LogP contribution in [-0.4, -0.2) is 36.9 Å². The van der Waals surface area contributed by atoms with Crippen LogP contribution in [0.3, 0.4) is 0 Å². The molecular weight excluding hydrogens is 226 g/mol. The van der Waals surface area contributed by atoms with Gasteiger partial charge < -0.3 is 10.2 Å². The summed E-state index contributed by atoms with van der Waals surface area (Å²) in [5, 5.41) is 21.4. The first-order valence-corrected chi connectivity index (χ1v) is 4.56. The molecule has 0 atom stereocenters. The number of carboxylic acid groups (broad SMARTS) is 2. The van der Waals surface area contributed by atoms with Gasteiger partial charge >= 0.3 is 11.9 Å². The largest absolute Gasteiger partial charge is 0.478 e. The van der Waals surface area contributed by atoms with Crippen molar-refractivity contribution in [2.24, 2.45) is 0 Å². The molecule has 0 fully saturated rings. The van der Waals surface area contributed by atoms with Gasteiger partial charge in [0.05, 0.1) is 11.8 Å². The highest BCUT2D eigenvalue weighted by Gasteiger charge is 2.14. The third kappa shape index (κ3) is 1.98. The number of carboxylic acids is 2. The van der Waals surface area contributed by atoms with E-state index in [1.54, 1.807) is 0 Å². The number of nitrogens with zero attached hydrogens (tertiary/aromatic N) is 3. The predicted octanol–water partition coefficient (Wildman–Crippen LogP) is 0.664. The fourth-order valence-corrected chi connectivity index (χ4v) is 1.30. The quantitative estimate of drug-likeness (QED) is 0.806. The van der Waals surface area contributed by atoms with Crippen molar-refractivity contribution in [1.29, 1.82) is 0 Å². The molecule has 7 heteroatoms. The van der Waals surface area contributed by atoms with Crippen LogP contribution in [0.1, 0.15) is 20.7 Å². The molecule has 0 aliphatic rings. The highest BCUT2D eigenvalue weighted by molar-refractivity contribution is 5.91. The van der Waals surface area contributed by atoms with Gasteiger partial charge in [-0.1, -0.05) is 0 Å². The second-order valence-corrected chi connectivity index (χ2v) is 3.16. The zero-order valence-corrected chi connectivity index (χ0v) is 8.44. The first-order chi connectivity index (χ1) is 8.09. The maximum atomic E-state index is 10.9. The summed E-state index contributed by atoms with van der Waals surface area (Å²) in [5.74, 6) is -2.21. The summed E-state index contributed by atoms with van der Waals surface area (Å²) < 4.78 is 1.12. The van der Waals surface area contributed by atoms with Crippen molar-refractivity contribution in [2.45, 2.75) is 0 Å². The van der Waals surface area contributed by atoms with E-state index in [2.05, 4.69) is 10.1 Å². The zero-order chi connectivity index (χ0) is 12.4. The Morgan fingerprint density at radius 3 is 2.59 bits per heavy atom. The van der Waals surface area contributed by atoms with Crippen molar-refractivity contribution in [3.63, 3.8) is 0 Å². The van der Waals surface area contributed by atoms with E-state index < -0.39 is 11.9 Å². The van der Waals surface area contributed by atoms with E-state index in [-0.39, 0.29) is 16.9 Å². The van der Waals surface area contributed by atoms with Gasteiger partial charge in [0.25, 0.3) is 0 Å². The molecule has 0 bridgehead atoms. The minimum Gasteiger partial charge on any atom is -0.478 e. The van der Waals surface area contributed by atoms with E-state index in [1.807, 2.05) is 0 Å². The minimum absolute atomic E-state index is 0.0352. The van der Waals surface area contributed by atoms with Crippen LogP contribution in [0.5, 0.6) is 0 Å². The smallest absolute Gasteiger partial charge is 0.339 e. The molecule has 0 unspecified atom stereocenters. The van der Waals surface area contributed by atoms with Crippen molar-refractivity contribution in [3.05, 3.63) is 41.9 Å². The summed E-state index contributed by atoms with van der Waals surface area (Å²) >= 11 is 0. The van der Waals surface area contributed by atoms with Gasteiger partial charge in [-0.2, -0.15) is 5.10 Å². The lowest BCUT2D eigenvalue weighted by Crippen LogP contribution is -2.07. The Bertz CT molecular complexity index is 591. The van der Waals surface area contributed by atoms with Gasteiger partial charge in [0.2, 0.25) is 0 Å². The summed E-state index contributed by atoms with van der Waals surface area (Å²) in [6, 6.07) is 2.85. The van der Waals surface area contributed by atoms with Gasteiger partial charge in [0.15, 0.2) is 5.82 Å². The van der Waals surface area contributed by atoms with E-state index in [9.17, 15) is 9.59 Å². The van der Waals surface area contributed by atoms with Gasteiger partial charge in [-0.15, -0.1) is 0 Å². The van der Waals surface area contributed by atoms with Gasteiger partial charge in [0, 0.05) is 12.4 Å². The van der Waals surface area contributed by atoms with Crippen molar-refractivity contribution >= 4 is 11.9 Å². The Hall–Kier alpha value is -2.70. The molecule has 17 heavy (non-hydrogen) atoms. The number of hydrogen-bond acceptors (Lipinski definition) is 4. The van der Waals surface area contributed by atoms with Crippen molar-refractivity contribution in [2.75, 3.05) is 0 Å². The molecule has 2 aromatic heterocycles. The Balaban J connectivity index is 2.52. The topological polar surface area (TPSA) is 105 Å². The Labute approximate surface area is 95.0 Å². The molecular formula is C10H7N3O4. The second kappa shape index (κ2) is 4.05. The van der Waals surface area contributed by atoms with Crippen LogP contribution in [0, 0.1) is 0 Å². The van der Waals surface area contributed by atoms with Crippen LogP contribution in [-0.2, 0) is 0 Å². The van der Waals surface area contributed by atoms with Gasteiger partial charge in [-0.25, -0.2) is 19.3 Å². The SMILES string of the molecule is O=C(O)c1cnn(-c2ncccc2C(=O)O)c1. The zero-order valence-electron chi connectivity index (χ0n) is 8.44. The second-order valence-electron chi connectivity index (χ2n) is 3.16. The molecule has 2 aromatic rings. The third-order valence-electron chi connectivity index (χ3n) is 2.06. The highest BCUT2D eigenvalue weighted by atomic mass is 16.4. The fraction of sp³-hybridized carbons (Fsp3) is 0. The molecule has 2 heterocycles. The van der Waals surface area contributed by atoms with E-state index in [0.717, 1.165) is 10.9 Å². The Morgan fingerprint density at radius 1 is 1.24 bits per heavy atom. The molecule has 0 aromatic carbocycles. The van der Waals surface area contributed by atoms with E-state index in [4.69, 9.17) is 10.2 Å². The maximum absolute atomic E-state index is 10.9. The van der Waals surface area contributed by atoms with Crippen LogP contribution < -0.4 is 0 Å². The molecule has 0 aliphatic carbocycles. The Kier molecular flexibility index (Phi) is 2.57. The van der Waals surface area contributed by atoms with Crippen LogP contribution >= 0.6 is 0 Å². The molecule has 0 spiro atoms. The summed E-state index contributed by atoms with van der Waals surface area (Å²) in [6.07, 6.45) is 3.74. The van der Waals surface area contributed by atoms with Crippen LogP contribution in [0.25, 0.3) is 5.82 Å². The summed E-state index contributed by atoms with van der Waals surface area (Å²) in [5.41, 5.74) is -0.0838. The molecule has 0 saturated carbocycles. The van der Waals surface area contributed by atoms with E-state index in [1.165, 1.54) is 24.5 Å². The first-order valence-electron chi connectivity index (χ1n) is 4.56. The average molecular weight is 233 g/mol. The van der Waals surface area contributed by atoms with Crippen molar-refractivity contribution < 1.29 is 19.8 Å². The van der Waals surface area contributed by atoms with Gasteiger partial charge in [-0.05, 0) is 12.1 Å². The predicted molar refractivity (Wildman–Crippen MR) is 55.3 cm³/mol. The van der Waals surface area contributed by atoms with Gasteiger partial charge in [0.1, 0.15) is 5.56 Å². The lowest BCUT2D eigenvalue weighted by atomic mass is 10.2. The highest BCUT2D eigenvalue weighted by Crippen LogP contribution is 2.11.